The lowest BCUT2D eigenvalue weighted by atomic mass is 10.1. The molecule has 0 fully saturated rings. The highest BCUT2D eigenvalue weighted by atomic mass is 16.5. The van der Waals surface area contributed by atoms with Crippen molar-refractivity contribution in [2.75, 3.05) is 20.3 Å². The second kappa shape index (κ2) is 4.99. The Labute approximate surface area is 95.1 Å². The summed E-state index contributed by atoms with van der Waals surface area (Å²) in [6.07, 6.45) is 0.667. The summed E-state index contributed by atoms with van der Waals surface area (Å²) in [7, 11) is 1.67. The molecule has 0 saturated heterocycles. The van der Waals surface area contributed by atoms with E-state index >= 15 is 0 Å². The highest BCUT2D eigenvalue weighted by Crippen LogP contribution is 2.19. The quantitative estimate of drug-likeness (QED) is 0.823. The van der Waals surface area contributed by atoms with Crippen molar-refractivity contribution in [3.63, 3.8) is 0 Å². The van der Waals surface area contributed by atoms with Gasteiger partial charge in [-0.05, 0) is 6.07 Å². The number of aliphatic imine (C=N–C) groups is 1. The van der Waals surface area contributed by atoms with Crippen molar-refractivity contribution in [1.82, 2.24) is 0 Å². The van der Waals surface area contributed by atoms with Gasteiger partial charge in [0.1, 0.15) is 12.4 Å². The maximum absolute atomic E-state index is 5.53. The van der Waals surface area contributed by atoms with Crippen LogP contribution in [0.25, 0.3) is 0 Å². The summed E-state index contributed by atoms with van der Waals surface area (Å²) < 4.78 is 10.7. The molecule has 0 aromatic heterocycles. The summed E-state index contributed by atoms with van der Waals surface area (Å²) in [5, 5.41) is 0. The molecular formula is C12H16N2O2. The van der Waals surface area contributed by atoms with Gasteiger partial charge in [0, 0.05) is 12.1 Å². The molecule has 1 aromatic rings. The number of hydrogen-bond donors (Lipinski definition) is 1. The average Bonchev–Trinajstić information content (AvgIpc) is 2.77. The van der Waals surface area contributed by atoms with Crippen molar-refractivity contribution < 1.29 is 9.47 Å². The number of nitrogens with two attached hydrogens (primary N) is 1. The zero-order chi connectivity index (χ0) is 11.4. The van der Waals surface area contributed by atoms with Gasteiger partial charge in [-0.15, -0.1) is 0 Å². The zero-order valence-corrected chi connectivity index (χ0v) is 9.35. The largest absolute Gasteiger partial charge is 0.496 e. The standard InChI is InChI=1S/C12H16N2O2/c1-15-11-5-3-2-4-9(11)6-12-14-10(7-13)8-16-12/h2-5,10H,6-8,13H2,1H3. The molecule has 0 spiro atoms. The van der Waals surface area contributed by atoms with E-state index < -0.39 is 0 Å². The van der Waals surface area contributed by atoms with Crippen LogP contribution in [0.2, 0.25) is 0 Å². The van der Waals surface area contributed by atoms with Gasteiger partial charge in [0.15, 0.2) is 5.90 Å². The van der Waals surface area contributed by atoms with Gasteiger partial charge in [-0.3, -0.25) is 0 Å². The predicted molar refractivity (Wildman–Crippen MR) is 62.9 cm³/mol. The third kappa shape index (κ3) is 2.33. The minimum Gasteiger partial charge on any atom is -0.496 e. The van der Waals surface area contributed by atoms with E-state index in [0.717, 1.165) is 17.2 Å². The van der Waals surface area contributed by atoms with E-state index in [2.05, 4.69) is 4.99 Å². The van der Waals surface area contributed by atoms with Gasteiger partial charge in [0.25, 0.3) is 0 Å². The Morgan fingerprint density at radius 2 is 2.31 bits per heavy atom. The van der Waals surface area contributed by atoms with Crippen LogP contribution in [0.5, 0.6) is 5.75 Å². The summed E-state index contributed by atoms with van der Waals surface area (Å²) in [6.45, 7) is 1.14. The second-order valence-electron chi connectivity index (χ2n) is 3.71. The number of methoxy groups -OCH3 is 1. The molecule has 2 rings (SSSR count). The van der Waals surface area contributed by atoms with E-state index in [-0.39, 0.29) is 6.04 Å². The van der Waals surface area contributed by atoms with Crippen LogP contribution in [0, 0.1) is 0 Å². The molecule has 4 nitrogen and oxygen atoms in total. The molecule has 0 radical (unpaired) electrons. The van der Waals surface area contributed by atoms with Crippen LogP contribution in [0.4, 0.5) is 0 Å². The Hall–Kier alpha value is -1.55. The molecule has 1 atom stereocenters. The fourth-order valence-electron chi connectivity index (χ4n) is 1.70. The van der Waals surface area contributed by atoms with Crippen molar-refractivity contribution in [2.24, 2.45) is 10.7 Å². The van der Waals surface area contributed by atoms with Gasteiger partial charge < -0.3 is 15.2 Å². The molecule has 4 heteroatoms. The van der Waals surface area contributed by atoms with Gasteiger partial charge in [-0.25, -0.2) is 4.99 Å². The molecule has 16 heavy (non-hydrogen) atoms. The van der Waals surface area contributed by atoms with Crippen LogP contribution in [-0.2, 0) is 11.2 Å². The fourth-order valence-corrected chi connectivity index (χ4v) is 1.70. The molecule has 0 aliphatic carbocycles. The first-order valence-electron chi connectivity index (χ1n) is 5.35. The van der Waals surface area contributed by atoms with E-state index in [1.54, 1.807) is 7.11 Å². The van der Waals surface area contributed by atoms with Crippen LogP contribution in [-0.4, -0.2) is 32.2 Å². The molecule has 0 bridgehead atoms. The monoisotopic (exact) mass is 220 g/mol. The van der Waals surface area contributed by atoms with Crippen molar-refractivity contribution in [1.29, 1.82) is 0 Å². The fraction of sp³-hybridized carbons (Fsp3) is 0.417. The third-order valence-electron chi connectivity index (χ3n) is 2.58. The van der Waals surface area contributed by atoms with Crippen molar-refractivity contribution in [3.05, 3.63) is 29.8 Å². The van der Waals surface area contributed by atoms with E-state index in [4.69, 9.17) is 15.2 Å². The lowest BCUT2D eigenvalue weighted by Crippen LogP contribution is -2.18. The first-order valence-corrected chi connectivity index (χ1v) is 5.35. The summed E-state index contributed by atoms with van der Waals surface area (Å²) in [5.41, 5.74) is 6.62. The average molecular weight is 220 g/mol. The van der Waals surface area contributed by atoms with Crippen LogP contribution in [0.1, 0.15) is 5.56 Å². The third-order valence-corrected chi connectivity index (χ3v) is 2.58. The van der Waals surface area contributed by atoms with E-state index in [0.29, 0.717) is 19.6 Å². The van der Waals surface area contributed by atoms with Gasteiger partial charge >= 0.3 is 0 Å². The number of rotatable bonds is 4. The molecule has 1 unspecified atom stereocenters. The Bertz CT molecular complexity index is 390. The topological polar surface area (TPSA) is 56.8 Å². The zero-order valence-electron chi connectivity index (χ0n) is 9.35. The highest BCUT2D eigenvalue weighted by Gasteiger charge is 2.18. The number of ether oxygens (including phenoxy) is 2. The molecule has 2 N–H and O–H groups in total. The Morgan fingerprint density at radius 1 is 1.50 bits per heavy atom. The predicted octanol–water partition coefficient (Wildman–Crippen LogP) is 0.994. The van der Waals surface area contributed by atoms with Crippen LogP contribution >= 0.6 is 0 Å². The minimum atomic E-state index is 0.115. The molecular weight excluding hydrogens is 204 g/mol. The van der Waals surface area contributed by atoms with Crippen LogP contribution in [0.3, 0.4) is 0 Å². The van der Waals surface area contributed by atoms with Gasteiger partial charge in [-0.1, -0.05) is 18.2 Å². The molecule has 86 valence electrons. The molecule has 1 aliphatic heterocycles. The number of para-hydroxylation sites is 1. The highest BCUT2D eigenvalue weighted by molar-refractivity contribution is 5.80. The molecule has 1 heterocycles. The van der Waals surface area contributed by atoms with Gasteiger partial charge in [0.2, 0.25) is 0 Å². The first-order chi connectivity index (χ1) is 7.83. The maximum Gasteiger partial charge on any atom is 0.188 e. The first kappa shape index (κ1) is 11.0. The normalized spacial score (nSPS) is 19.1. The van der Waals surface area contributed by atoms with Crippen molar-refractivity contribution >= 4 is 5.90 Å². The van der Waals surface area contributed by atoms with Gasteiger partial charge in [0.05, 0.1) is 19.6 Å². The maximum atomic E-state index is 5.53. The second-order valence-corrected chi connectivity index (χ2v) is 3.71. The minimum absolute atomic E-state index is 0.115. The van der Waals surface area contributed by atoms with E-state index in [9.17, 15) is 0 Å². The lowest BCUT2D eigenvalue weighted by molar-refractivity contribution is 0.313. The Morgan fingerprint density at radius 3 is 3.00 bits per heavy atom. The SMILES string of the molecule is COc1ccccc1CC1=NC(CN)CO1. The summed E-state index contributed by atoms with van der Waals surface area (Å²) in [5.74, 6) is 1.62. The van der Waals surface area contributed by atoms with Crippen LogP contribution < -0.4 is 10.5 Å². The van der Waals surface area contributed by atoms with Crippen LogP contribution in [0.15, 0.2) is 29.3 Å². The Kier molecular flexibility index (Phi) is 3.41. The van der Waals surface area contributed by atoms with E-state index in [1.165, 1.54) is 0 Å². The molecule has 0 saturated carbocycles. The molecule has 0 amide bonds. The molecule has 1 aromatic carbocycles. The lowest BCUT2D eigenvalue weighted by Gasteiger charge is -2.07. The number of hydrogen-bond acceptors (Lipinski definition) is 4. The summed E-state index contributed by atoms with van der Waals surface area (Å²) >= 11 is 0. The van der Waals surface area contributed by atoms with Crippen molar-refractivity contribution in [2.45, 2.75) is 12.5 Å². The summed E-state index contributed by atoms with van der Waals surface area (Å²) in [6, 6.07) is 7.99. The Balaban J connectivity index is 2.09. The number of benzene rings is 1. The van der Waals surface area contributed by atoms with Gasteiger partial charge in [-0.2, -0.15) is 0 Å². The molecule has 1 aliphatic rings. The van der Waals surface area contributed by atoms with E-state index in [1.807, 2.05) is 24.3 Å². The smallest absolute Gasteiger partial charge is 0.188 e. The summed E-state index contributed by atoms with van der Waals surface area (Å²) in [4.78, 5) is 4.39. The number of nitrogens with zero attached hydrogens (tertiary/aromatic N) is 1. The van der Waals surface area contributed by atoms with Crippen molar-refractivity contribution in [3.8, 4) is 5.75 Å².